The second kappa shape index (κ2) is 8.08. The monoisotopic (exact) mass is 473 g/mol. The van der Waals surface area contributed by atoms with Gasteiger partial charge in [0.2, 0.25) is 0 Å². The number of aliphatic hydroxyl groups is 1. The number of rotatable bonds is 6. The molecular formula is C21H18BrF2N5O. The van der Waals surface area contributed by atoms with Crippen molar-refractivity contribution in [3.8, 4) is 11.3 Å². The maximum Gasteiger partial charge on any atom is 0.137 e. The fourth-order valence-electron chi connectivity index (χ4n) is 3.39. The molecule has 0 aliphatic heterocycles. The molecule has 6 nitrogen and oxygen atoms in total. The molecule has 2 aromatic carbocycles. The summed E-state index contributed by atoms with van der Waals surface area (Å²) in [5.74, 6) is -1.56. The Morgan fingerprint density at radius 2 is 1.90 bits per heavy atom. The highest BCUT2D eigenvalue weighted by Crippen LogP contribution is 2.37. The van der Waals surface area contributed by atoms with Crippen molar-refractivity contribution in [3.63, 3.8) is 0 Å². The third-order valence-corrected chi connectivity index (χ3v) is 5.63. The number of aromatic nitrogens is 5. The molecule has 0 saturated carbocycles. The van der Waals surface area contributed by atoms with E-state index in [0.717, 1.165) is 22.2 Å². The number of hydrogen-bond acceptors (Lipinski definition) is 4. The van der Waals surface area contributed by atoms with Crippen LogP contribution in [0.4, 0.5) is 8.78 Å². The van der Waals surface area contributed by atoms with Crippen LogP contribution < -0.4 is 0 Å². The lowest BCUT2D eigenvalue weighted by Crippen LogP contribution is -2.40. The van der Waals surface area contributed by atoms with Gasteiger partial charge < -0.3 is 5.11 Å². The molecule has 2 aromatic heterocycles. The lowest BCUT2D eigenvalue weighted by molar-refractivity contribution is -0.0368. The summed E-state index contributed by atoms with van der Waals surface area (Å²) in [5.41, 5.74) is -0.212. The molecule has 30 heavy (non-hydrogen) atoms. The van der Waals surface area contributed by atoms with Gasteiger partial charge in [0.1, 0.15) is 29.9 Å². The standard InChI is InChI=1S/C21H18BrF2N5O/c1-14(29-9-8-20(27-29)15-2-4-16(22)5-3-15)21(30,11-28-13-25-12-26-28)18-7-6-17(23)10-19(18)24/h2-10,12-14,30H,11H2,1H3/t14-,21-/m1/s1. The van der Waals surface area contributed by atoms with Crippen LogP contribution in [0.3, 0.4) is 0 Å². The highest BCUT2D eigenvalue weighted by molar-refractivity contribution is 9.10. The zero-order valence-corrected chi connectivity index (χ0v) is 17.5. The van der Waals surface area contributed by atoms with Crippen LogP contribution in [0.25, 0.3) is 11.3 Å². The average Bonchev–Trinajstić information content (AvgIpc) is 3.40. The quantitative estimate of drug-likeness (QED) is 0.452. The second-order valence-electron chi connectivity index (χ2n) is 7.01. The molecule has 9 heteroatoms. The fourth-order valence-corrected chi connectivity index (χ4v) is 3.66. The Balaban J connectivity index is 1.74. The van der Waals surface area contributed by atoms with Crippen molar-refractivity contribution < 1.29 is 13.9 Å². The first-order valence-electron chi connectivity index (χ1n) is 9.18. The Kier molecular flexibility index (Phi) is 5.48. The van der Waals surface area contributed by atoms with Gasteiger partial charge in [-0.05, 0) is 31.2 Å². The normalized spacial score (nSPS) is 14.4. The zero-order chi connectivity index (χ0) is 21.3. The van der Waals surface area contributed by atoms with Crippen LogP contribution in [-0.4, -0.2) is 29.7 Å². The number of benzene rings is 2. The Labute approximate surface area is 179 Å². The molecule has 0 spiro atoms. The van der Waals surface area contributed by atoms with Gasteiger partial charge in [0.05, 0.1) is 18.3 Å². The van der Waals surface area contributed by atoms with E-state index in [-0.39, 0.29) is 12.1 Å². The second-order valence-corrected chi connectivity index (χ2v) is 7.92. The van der Waals surface area contributed by atoms with Crippen LogP contribution in [0.15, 0.2) is 71.9 Å². The smallest absolute Gasteiger partial charge is 0.137 e. The Hall–Kier alpha value is -2.91. The molecule has 2 heterocycles. The molecule has 0 saturated heterocycles. The van der Waals surface area contributed by atoms with E-state index >= 15 is 0 Å². The number of nitrogens with zero attached hydrogens (tertiary/aromatic N) is 5. The molecule has 0 aliphatic rings. The highest BCUT2D eigenvalue weighted by Gasteiger charge is 2.40. The van der Waals surface area contributed by atoms with Gasteiger partial charge in [-0.3, -0.25) is 4.68 Å². The van der Waals surface area contributed by atoms with E-state index in [2.05, 4.69) is 31.1 Å². The highest BCUT2D eigenvalue weighted by atomic mass is 79.9. The molecular weight excluding hydrogens is 456 g/mol. The van der Waals surface area contributed by atoms with E-state index in [9.17, 15) is 13.9 Å². The lowest BCUT2D eigenvalue weighted by Gasteiger charge is -2.34. The minimum atomic E-state index is -1.77. The van der Waals surface area contributed by atoms with Crippen molar-refractivity contribution in [2.75, 3.05) is 0 Å². The third kappa shape index (κ3) is 3.90. The van der Waals surface area contributed by atoms with Crippen molar-refractivity contribution in [2.45, 2.75) is 25.1 Å². The van der Waals surface area contributed by atoms with Gasteiger partial charge in [-0.25, -0.2) is 18.4 Å². The van der Waals surface area contributed by atoms with Crippen molar-refractivity contribution in [1.82, 2.24) is 24.5 Å². The predicted molar refractivity (Wildman–Crippen MR) is 110 cm³/mol. The minimum Gasteiger partial charge on any atom is -0.381 e. The molecule has 0 bridgehead atoms. The molecule has 1 N–H and O–H groups in total. The third-order valence-electron chi connectivity index (χ3n) is 5.10. The van der Waals surface area contributed by atoms with E-state index in [4.69, 9.17) is 0 Å². The molecule has 0 radical (unpaired) electrons. The van der Waals surface area contributed by atoms with E-state index in [1.807, 2.05) is 30.3 Å². The van der Waals surface area contributed by atoms with Gasteiger partial charge in [0, 0.05) is 27.9 Å². The van der Waals surface area contributed by atoms with Crippen LogP contribution in [-0.2, 0) is 12.1 Å². The molecule has 0 aliphatic carbocycles. The molecule has 154 valence electrons. The van der Waals surface area contributed by atoms with Crippen LogP contribution in [0.2, 0.25) is 0 Å². The van der Waals surface area contributed by atoms with Gasteiger partial charge in [-0.2, -0.15) is 10.2 Å². The SMILES string of the molecule is C[C@@H](n1ccc(-c2ccc(Br)cc2)n1)[C@](O)(Cn1cncn1)c1ccc(F)cc1F. The summed E-state index contributed by atoms with van der Waals surface area (Å²) in [6.45, 7) is 1.63. The van der Waals surface area contributed by atoms with Crippen LogP contribution >= 0.6 is 15.9 Å². The van der Waals surface area contributed by atoms with Gasteiger partial charge in [0.25, 0.3) is 0 Å². The molecule has 4 aromatic rings. The van der Waals surface area contributed by atoms with Crippen LogP contribution in [0.1, 0.15) is 18.5 Å². The Morgan fingerprint density at radius 3 is 2.57 bits per heavy atom. The van der Waals surface area contributed by atoms with Crippen LogP contribution in [0, 0.1) is 11.6 Å². The molecule has 4 rings (SSSR count). The lowest BCUT2D eigenvalue weighted by atomic mass is 9.86. The summed E-state index contributed by atoms with van der Waals surface area (Å²) in [5, 5.41) is 20.2. The Bertz CT molecular complexity index is 1150. The molecule has 0 fully saturated rings. The summed E-state index contributed by atoms with van der Waals surface area (Å²) < 4.78 is 32.1. The topological polar surface area (TPSA) is 68.8 Å². The van der Waals surface area contributed by atoms with E-state index in [1.54, 1.807) is 17.8 Å². The van der Waals surface area contributed by atoms with Crippen molar-refractivity contribution in [2.24, 2.45) is 0 Å². The summed E-state index contributed by atoms with van der Waals surface area (Å²) in [7, 11) is 0. The van der Waals surface area contributed by atoms with Crippen LogP contribution in [0.5, 0.6) is 0 Å². The first-order chi connectivity index (χ1) is 14.4. The van der Waals surface area contributed by atoms with Crippen molar-refractivity contribution in [1.29, 1.82) is 0 Å². The molecule has 2 atom stereocenters. The Morgan fingerprint density at radius 1 is 1.13 bits per heavy atom. The fraction of sp³-hybridized carbons (Fsp3) is 0.190. The first kappa shape index (κ1) is 20.4. The zero-order valence-electron chi connectivity index (χ0n) is 16.0. The van der Waals surface area contributed by atoms with Gasteiger partial charge in [0.15, 0.2) is 0 Å². The number of hydrogen-bond donors (Lipinski definition) is 1. The summed E-state index contributed by atoms with van der Waals surface area (Å²) in [6, 6.07) is 11.9. The van der Waals surface area contributed by atoms with Crippen molar-refractivity contribution in [3.05, 3.63) is 89.1 Å². The van der Waals surface area contributed by atoms with Gasteiger partial charge >= 0.3 is 0 Å². The minimum absolute atomic E-state index is 0.0485. The number of halogens is 3. The summed E-state index contributed by atoms with van der Waals surface area (Å²) in [4.78, 5) is 3.88. The van der Waals surface area contributed by atoms with E-state index < -0.39 is 23.3 Å². The summed E-state index contributed by atoms with van der Waals surface area (Å²) >= 11 is 3.40. The molecule has 0 amide bonds. The van der Waals surface area contributed by atoms with Crippen molar-refractivity contribution >= 4 is 15.9 Å². The van der Waals surface area contributed by atoms with E-state index in [0.29, 0.717) is 5.69 Å². The first-order valence-corrected chi connectivity index (χ1v) is 9.97. The largest absolute Gasteiger partial charge is 0.381 e. The van der Waals surface area contributed by atoms with Gasteiger partial charge in [-0.15, -0.1) is 0 Å². The van der Waals surface area contributed by atoms with E-state index in [1.165, 1.54) is 23.4 Å². The maximum atomic E-state index is 14.7. The maximum absolute atomic E-state index is 14.7. The average molecular weight is 474 g/mol. The molecule has 0 unspecified atom stereocenters. The van der Waals surface area contributed by atoms with Gasteiger partial charge in [-0.1, -0.05) is 34.1 Å². The summed E-state index contributed by atoms with van der Waals surface area (Å²) in [6.07, 6.45) is 4.47. The predicted octanol–water partition coefficient (Wildman–Crippen LogP) is 4.33.